The zero-order chi connectivity index (χ0) is 15.0. The number of nitrogens with one attached hydrogen (secondary N) is 3. The molecule has 0 atom stereocenters. The number of rotatable bonds is 8. The van der Waals surface area contributed by atoms with Crippen LogP contribution in [-0.4, -0.2) is 36.0 Å². The Bertz CT molecular complexity index is 434. The number of hydrogen-bond donors (Lipinski definition) is 3. The smallest absolute Gasteiger partial charge is 0.221 e. The van der Waals surface area contributed by atoms with Gasteiger partial charge in [-0.05, 0) is 12.3 Å². The Kier molecular flexibility index (Phi) is 6.76. The van der Waals surface area contributed by atoms with Crippen molar-refractivity contribution in [3.8, 4) is 0 Å². The minimum Gasteiger partial charge on any atom is -0.370 e. The van der Waals surface area contributed by atoms with Crippen molar-refractivity contribution < 1.29 is 4.79 Å². The minimum atomic E-state index is 0.0157. The number of aromatic nitrogens is 2. The minimum absolute atomic E-state index is 0.0157. The predicted octanol–water partition coefficient (Wildman–Crippen LogP) is 1.97. The average molecular weight is 279 g/mol. The molecule has 0 saturated heterocycles. The fourth-order valence-corrected chi connectivity index (χ4v) is 1.89. The molecule has 0 aromatic carbocycles. The van der Waals surface area contributed by atoms with Crippen molar-refractivity contribution >= 4 is 17.5 Å². The molecule has 1 aromatic heterocycles. The molecule has 0 unspecified atom stereocenters. The number of carbonyl (C=O) groups is 1. The molecule has 1 rings (SSSR count). The first-order chi connectivity index (χ1) is 9.60. The van der Waals surface area contributed by atoms with Gasteiger partial charge in [-0.3, -0.25) is 4.79 Å². The molecule has 1 amide bonds. The Labute approximate surface area is 120 Å². The van der Waals surface area contributed by atoms with E-state index in [0.29, 0.717) is 18.9 Å². The van der Waals surface area contributed by atoms with Crippen molar-refractivity contribution in [3.63, 3.8) is 0 Å². The number of amides is 1. The highest BCUT2D eigenvalue weighted by molar-refractivity contribution is 5.76. The molecular formula is C14H25N5O. The normalized spacial score (nSPS) is 10.4. The summed E-state index contributed by atoms with van der Waals surface area (Å²) in [5, 5.41) is 9.15. The summed E-state index contributed by atoms with van der Waals surface area (Å²) >= 11 is 0. The molecule has 3 N–H and O–H groups in total. The highest BCUT2D eigenvalue weighted by Gasteiger charge is 2.14. The molecule has 6 nitrogen and oxygen atoms in total. The maximum absolute atomic E-state index is 11.2. The lowest BCUT2D eigenvalue weighted by Gasteiger charge is -2.17. The molecule has 112 valence electrons. The fourth-order valence-electron chi connectivity index (χ4n) is 1.89. The quantitative estimate of drug-likeness (QED) is 0.678. The molecule has 1 aromatic rings. The Morgan fingerprint density at radius 3 is 2.30 bits per heavy atom. The average Bonchev–Trinajstić information content (AvgIpc) is 2.44. The standard InChI is InChI=1S/C14H25N5O/c1-5-7-16-13-12(10(2)3)14(19-9-18-13)17-8-6-11(20)15-4/h9-10H,5-8H2,1-4H3,(H,15,20)(H2,16,17,18,19). The Hall–Kier alpha value is -1.85. The summed E-state index contributed by atoms with van der Waals surface area (Å²) in [6, 6.07) is 0. The van der Waals surface area contributed by atoms with Gasteiger partial charge in [0.25, 0.3) is 0 Å². The fraction of sp³-hybridized carbons (Fsp3) is 0.643. The van der Waals surface area contributed by atoms with Crippen LogP contribution in [-0.2, 0) is 4.79 Å². The Morgan fingerprint density at radius 1 is 1.20 bits per heavy atom. The van der Waals surface area contributed by atoms with E-state index in [0.717, 1.165) is 30.2 Å². The Balaban J connectivity index is 2.80. The summed E-state index contributed by atoms with van der Waals surface area (Å²) in [4.78, 5) is 19.8. The first-order valence-corrected chi connectivity index (χ1v) is 7.13. The zero-order valence-electron chi connectivity index (χ0n) is 12.8. The molecule has 6 heteroatoms. The molecule has 0 spiro atoms. The third-order valence-corrected chi connectivity index (χ3v) is 2.93. The second-order valence-electron chi connectivity index (χ2n) is 4.92. The maximum atomic E-state index is 11.2. The maximum Gasteiger partial charge on any atom is 0.221 e. The van der Waals surface area contributed by atoms with Gasteiger partial charge in [-0.25, -0.2) is 9.97 Å². The van der Waals surface area contributed by atoms with Crippen LogP contribution < -0.4 is 16.0 Å². The SMILES string of the molecule is CCCNc1ncnc(NCCC(=O)NC)c1C(C)C. The summed E-state index contributed by atoms with van der Waals surface area (Å²) in [5.74, 6) is 2.00. The van der Waals surface area contributed by atoms with Gasteiger partial charge in [-0.15, -0.1) is 0 Å². The lowest BCUT2D eigenvalue weighted by molar-refractivity contribution is -0.120. The summed E-state index contributed by atoms with van der Waals surface area (Å²) in [6.07, 6.45) is 3.02. The molecule has 1 heterocycles. The van der Waals surface area contributed by atoms with E-state index in [4.69, 9.17) is 0 Å². The summed E-state index contributed by atoms with van der Waals surface area (Å²) < 4.78 is 0. The second-order valence-corrected chi connectivity index (χ2v) is 4.92. The van der Waals surface area contributed by atoms with E-state index in [1.807, 2.05) is 0 Å². The van der Waals surface area contributed by atoms with E-state index in [1.54, 1.807) is 13.4 Å². The lowest BCUT2D eigenvalue weighted by atomic mass is 10.0. The summed E-state index contributed by atoms with van der Waals surface area (Å²) in [6.45, 7) is 7.78. The van der Waals surface area contributed by atoms with Crippen molar-refractivity contribution in [2.45, 2.75) is 39.5 Å². The van der Waals surface area contributed by atoms with Crippen molar-refractivity contribution in [2.75, 3.05) is 30.8 Å². The lowest BCUT2D eigenvalue weighted by Crippen LogP contribution is -2.21. The van der Waals surface area contributed by atoms with E-state index in [1.165, 1.54) is 0 Å². The van der Waals surface area contributed by atoms with Crippen LogP contribution in [0.5, 0.6) is 0 Å². The van der Waals surface area contributed by atoms with Crippen LogP contribution >= 0.6 is 0 Å². The van der Waals surface area contributed by atoms with E-state index < -0.39 is 0 Å². The summed E-state index contributed by atoms with van der Waals surface area (Å²) in [5.41, 5.74) is 1.07. The highest BCUT2D eigenvalue weighted by atomic mass is 16.1. The molecule has 20 heavy (non-hydrogen) atoms. The van der Waals surface area contributed by atoms with Crippen LogP contribution in [0.2, 0.25) is 0 Å². The highest BCUT2D eigenvalue weighted by Crippen LogP contribution is 2.28. The zero-order valence-corrected chi connectivity index (χ0v) is 12.8. The van der Waals surface area contributed by atoms with Crippen LogP contribution in [0.1, 0.15) is 45.1 Å². The largest absolute Gasteiger partial charge is 0.370 e. The molecule has 0 radical (unpaired) electrons. The van der Waals surface area contributed by atoms with Gasteiger partial charge in [-0.2, -0.15) is 0 Å². The van der Waals surface area contributed by atoms with Gasteiger partial charge in [0.2, 0.25) is 5.91 Å². The molecule has 0 fully saturated rings. The number of carbonyl (C=O) groups excluding carboxylic acids is 1. The molecule has 0 aliphatic heterocycles. The first-order valence-electron chi connectivity index (χ1n) is 7.13. The van der Waals surface area contributed by atoms with Crippen LogP contribution in [0, 0.1) is 0 Å². The van der Waals surface area contributed by atoms with Crippen molar-refractivity contribution in [2.24, 2.45) is 0 Å². The van der Waals surface area contributed by atoms with E-state index >= 15 is 0 Å². The molecule has 0 bridgehead atoms. The van der Waals surface area contributed by atoms with Gasteiger partial charge in [-0.1, -0.05) is 20.8 Å². The van der Waals surface area contributed by atoms with E-state index in [-0.39, 0.29) is 5.91 Å². The number of nitrogens with zero attached hydrogens (tertiary/aromatic N) is 2. The van der Waals surface area contributed by atoms with Gasteiger partial charge >= 0.3 is 0 Å². The number of anilines is 2. The van der Waals surface area contributed by atoms with E-state index in [9.17, 15) is 4.79 Å². The van der Waals surface area contributed by atoms with Gasteiger partial charge in [0.1, 0.15) is 18.0 Å². The van der Waals surface area contributed by atoms with Crippen molar-refractivity contribution in [1.82, 2.24) is 15.3 Å². The molecule has 0 saturated carbocycles. The topological polar surface area (TPSA) is 78.9 Å². The van der Waals surface area contributed by atoms with Crippen molar-refractivity contribution in [1.29, 1.82) is 0 Å². The Morgan fingerprint density at radius 2 is 1.80 bits per heavy atom. The van der Waals surface area contributed by atoms with Gasteiger partial charge in [0.05, 0.1) is 0 Å². The summed E-state index contributed by atoms with van der Waals surface area (Å²) in [7, 11) is 1.64. The van der Waals surface area contributed by atoms with Crippen LogP contribution in [0.4, 0.5) is 11.6 Å². The van der Waals surface area contributed by atoms with Crippen LogP contribution in [0.15, 0.2) is 6.33 Å². The van der Waals surface area contributed by atoms with Gasteiger partial charge < -0.3 is 16.0 Å². The monoisotopic (exact) mass is 279 g/mol. The second kappa shape index (κ2) is 8.35. The van der Waals surface area contributed by atoms with E-state index in [2.05, 4.69) is 46.7 Å². The first kappa shape index (κ1) is 16.2. The predicted molar refractivity (Wildman–Crippen MR) is 82.1 cm³/mol. The van der Waals surface area contributed by atoms with Crippen LogP contribution in [0.3, 0.4) is 0 Å². The molecule has 0 aliphatic carbocycles. The molecular weight excluding hydrogens is 254 g/mol. The van der Waals surface area contributed by atoms with Gasteiger partial charge in [0, 0.05) is 32.1 Å². The third-order valence-electron chi connectivity index (χ3n) is 2.93. The van der Waals surface area contributed by atoms with Crippen LogP contribution in [0.25, 0.3) is 0 Å². The number of hydrogen-bond acceptors (Lipinski definition) is 5. The van der Waals surface area contributed by atoms with Crippen molar-refractivity contribution in [3.05, 3.63) is 11.9 Å². The van der Waals surface area contributed by atoms with Gasteiger partial charge in [0.15, 0.2) is 0 Å². The third kappa shape index (κ3) is 4.68. The molecule has 0 aliphatic rings.